The lowest BCUT2D eigenvalue weighted by atomic mass is 9.80. The van der Waals surface area contributed by atoms with E-state index in [1.807, 2.05) is 0 Å². The van der Waals surface area contributed by atoms with Gasteiger partial charge in [0.05, 0.1) is 0 Å². The van der Waals surface area contributed by atoms with Crippen LogP contribution in [0.4, 0.5) is 0 Å². The number of carbonyl (C=O) groups is 1. The Morgan fingerprint density at radius 1 is 1.33 bits per heavy atom. The summed E-state index contributed by atoms with van der Waals surface area (Å²) in [5, 5.41) is 9.40. The molecule has 2 aliphatic rings. The fourth-order valence-electron chi connectivity index (χ4n) is 3.13. The van der Waals surface area contributed by atoms with Gasteiger partial charge in [0.15, 0.2) is 0 Å². The number of carbonyl (C=O) groups excluding carboxylic acids is 1. The van der Waals surface area contributed by atoms with Crippen LogP contribution >= 0.6 is 0 Å². The zero-order chi connectivity index (χ0) is 8.72. The lowest BCUT2D eigenvalue weighted by molar-refractivity contribution is -0.118. The minimum atomic E-state index is -0.688. The van der Waals surface area contributed by atoms with Crippen molar-refractivity contribution in [3.8, 4) is 0 Å². The van der Waals surface area contributed by atoms with Crippen molar-refractivity contribution < 1.29 is 9.90 Å². The Labute approximate surface area is 73.0 Å². The van der Waals surface area contributed by atoms with Gasteiger partial charge in [0.2, 0.25) is 0 Å². The third kappa shape index (κ3) is 1.09. The predicted molar refractivity (Wildman–Crippen MR) is 45.6 cm³/mol. The van der Waals surface area contributed by atoms with E-state index in [0.29, 0.717) is 12.2 Å². The van der Waals surface area contributed by atoms with E-state index < -0.39 is 6.10 Å². The molecule has 0 aromatic rings. The van der Waals surface area contributed by atoms with Crippen LogP contribution in [-0.4, -0.2) is 17.5 Å². The zero-order valence-corrected chi connectivity index (χ0v) is 7.44. The summed E-state index contributed by atoms with van der Waals surface area (Å²) in [4.78, 5) is 10.4. The van der Waals surface area contributed by atoms with Crippen LogP contribution in [0.25, 0.3) is 0 Å². The third-order valence-electron chi connectivity index (χ3n) is 3.84. The molecule has 0 aromatic heterocycles. The maximum absolute atomic E-state index is 10.4. The van der Waals surface area contributed by atoms with Gasteiger partial charge in [-0.15, -0.1) is 0 Å². The number of rotatable bonds is 2. The van der Waals surface area contributed by atoms with E-state index >= 15 is 0 Å². The Balaban J connectivity index is 2.02. The van der Waals surface area contributed by atoms with Gasteiger partial charge in [-0.3, -0.25) is 0 Å². The molecule has 68 valence electrons. The molecular formula is C10H16O2. The molecule has 12 heavy (non-hydrogen) atoms. The van der Waals surface area contributed by atoms with Crippen LogP contribution in [0.2, 0.25) is 0 Å². The molecule has 0 heterocycles. The molecule has 2 bridgehead atoms. The highest BCUT2D eigenvalue weighted by Crippen LogP contribution is 2.52. The number of fused-ring (bicyclic) bond motifs is 2. The molecule has 5 atom stereocenters. The fraction of sp³-hybridized carbons (Fsp3) is 0.900. The van der Waals surface area contributed by atoms with Gasteiger partial charge in [0, 0.05) is 0 Å². The van der Waals surface area contributed by atoms with Crippen LogP contribution < -0.4 is 0 Å². The Bertz CT molecular complexity index is 188. The van der Waals surface area contributed by atoms with Crippen molar-refractivity contribution in [2.24, 2.45) is 23.7 Å². The van der Waals surface area contributed by atoms with Crippen molar-refractivity contribution in [1.29, 1.82) is 0 Å². The maximum Gasteiger partial charge on any atom is 0.148 e. The normalized spacial score (nSPS) is 47.8. The highest BCUT2D eigenvalue weighted by atomic mass is 16.3. The minimum Gasteiger partial charge on any atom is -0.385 e. The Hall–Kier alpha value is -0.370. The van der Waals surface area contributed by atoms with Crippen LogP contribution in [0.3, 0.4) is 0 Å². The van der Waals surface area contributed by atoms with E-state index in [1.165, 1.54) is 12.8 Å². The smallest absolute Gasteiger partial charge is 0.148 e. The van der Waals surface area contributed by atoms with E-state index in [4.69, 9.17) is 0 Å². The molecule has 2 fully saturated rings. The lowest BCUT2D eigenvalue weighted by Crippen LogP contribution is -2.28. The van der Waals surface area contributed by atoms with Crippen LogP contribution in [0, 0.1) is 23.7 Å². The molecule has 5 unspecified atom stereocenters. The topological polar surface area (TPSA) is 37.3 Å². The molecule has 2 heteroatoms. The van der Waals surface area contributed by atoms with Gasteiger partial charge in [-0.2, -0.15) is 0 Å². The second kappa shape index (κ2) is 2.84. The molecule has 1 N–H and O–H groups in total. The van der Waals surface area contributed by atoms with Gasteiger partial charge in [0.25, 0.3) is 0 Å². The summed E-state index contributed by atoms with van der Waals surface area (Å²) in [6.45, 7) is 2.29. The highest BCUT2D eigenvalue weighted by molar-refractivity contribution is 5.56. The zero-order valence-electron chi connectivity index (χ0n) is 7.44. The molecule has 0 radical (unpaired) electrons. The van der Waals surface area contributed by atoms with Crippen molar-refractivity contribution in [2.45, 2.75) is 32.3 Å². The number of aliphatic hydroxyl groups is 1. The second-order valence-corrected chi connectivity index (χ2v) is 4.50. The monoisotopic (exact) mass is 168 g/mol. The second-order valence-electron chi connectivity index (χ2n) is 4.50. The summed E-state index contributed by atoms with van der Waals surface area (Å²) in [6, 6.07) is 0. The summed E-state index contributed by atoms with van der Waals surface area (Å²) < 4.78 is 0. The minimum absolute atomic E-state index is 0.281. The first kappa shape index (κ1) is 8.24. The SMILES string of the molecule is CC1CC2CC1CC2C(O)C=O. The molecule has 2 aliphatic carbocycles. The first-order valence-corrected chi connectivity index (χ1v) is 4.85. The summed E-state index contributed by atoms with van der Waals surface area (Å²) in [5.74, 6) is 2.52. The molecule has 2 rings (SSSR count). The Kier molecular flexibility index (Phi) is 1.95. The Morgan fingerprint density at radius 3 is 2.50 bits per heavy atom. The molecule has 0 aliphatic heterocycles. The van der Waals surface area contributed by atoms with E-state index in [2.05, 4.69) is 6.92 Å². The van der Waals surface area contributed by atoms with Gasteiger partial charge in [-0.25, -0.2) is 0 Å². The Morgan fingerprint density at radius 2 is 2.08 bits per heavy atom. The number of aliphatic hydroxyl groups excluding tert-OH is 1. The van der Waals surface area contributed by atoms with E-state index in [-0.39, 0.29) is 5.92 Å². The third-order valence-corrected chi connectivity index (χ3v) is 3.84. The number of hydrogen-bond donors (Lipinski definition) is 1. The van der Waals surface area contributed by atoms with Crippen LogP contribution in [0.5, 0.6) is 0 Å². The van der Waals surface area contributed by atoms with Crippen LogP contribution in [0.15, 0.2) is 0 Å². The van der Waals surface area contributed by atoms with E-state index in [9.17, 15) is 9.90 Å². The number of aldehydes is 1. The first-order valence-electron chi connectivity index (χ1n) is 4.85. The highest BCUT2D eigenvalue weighted by Gasteiger charge is 2.46. The molecule has 0 saturated heterocycles. The van der Waals surface area contributed by atoms with Gasteiger partial charge < -0.3 is 9.90 Å². The standard InChI is InChI=1S/C10H16O2/c1-6-2-8-3-7(6)4-9(8)10(12)5-11/h5-10,12H,2-4H2,1H3. The average Bonchev–Trinajstić information content (AvgIpc) is 2.60. The van der Waals surface area contributed by atoms with Crippen molar-refractivity contribution in [1.82, 2.24) is 0 Å². The van der Waals surface area contributed by atoms with Gasteiger partial charge in [-0.05, 0) is 42.9 Å². The summed E-state index contributed by atoms with van der Waals surface area (Å²) in [6.07, 6.45) is 3.56. The molecular weight excluding hydrogens is 152 g/mol. The van der Waals surface area contributed by atoms with Crippen LogP contribution in [-0.2, 0) is 4.79 Å². The van der Waals surface area contributed by atoms with Gasteiger partial charge in [-0.1, -0.05) is 6.92 Å². The molecule has 2 nitrogen and oxygen atoms in total. The maximum atomic E-state index is 10.4. The molecule has 0 amide bonds. The lowest BCUT2D eigenvalue weighted by Gasteiger charge is -2.26. The van der Waals surface area contributed by atoms with Gasteiger partial charge in [0.1, 0.15) is 12.4 Å². The van der Waals surface area contributed by atoms with Crippen molar-refractivity contribution in [2.75, 3.05) is 0 Å². The summed E-state index contributed by atoms with van der Waals surface area (Å²) in [7, 11) is 0. The van der Waals surface area contributed by atoms with Crippen LogP contribution in [0.1, 0.15) is 26.2 Å². The summed E-state index contributed by atoms with van der Waals surface area (Å²) >= 11 is 0. The molecule has 2 saturated carbocycles. The number of hydrogen-bond acceptors (Lipinski definition) is 2. The van der Waals surface area contributed by atoms with Crippen molar-refractivity contribution in [3.05, 3.63) is 0 Å². The quantitative estimate of drug-likeness (QED) is 0.630. The first-order chi connectivity index (χ1) is 5.72. The van der Waals surface area contributed by atoms with E-state index in [0.717, 1.165) is 18.3 Å². The predicted octanol–water partition coefficient (Wildman–Crippen LogP) is 1.23. The average molecular weight is 168 g/mol. The van der Waals surface area contributed by atoms with Gasteiger partial charge >= 0.3 is 0 Å². The largest absolute Gasteiger partial charge is 0.385 e. The fourth-order valence-corrected chi connectivity index (χ4v) is 3.13. The van der Waals surface area contributed by atoms with Crippen molar-refractivity contribution >= 4 is 6.29 Å². The van der Waals surface area contributed by atoms with E-state index in [1.54, 1.807) is 0 Å². The summed E-state index contributed by atoms with van der Waals surface area (Å²) in [5.41, 5.74) is 0. The molecule has 0 aromatic carbocycles. The van der Waals surface area contributed by atoms with Crippen molar-refractivity contribution in [3.63, 3.8) is 0 Å². The molecule has 0 spiro atoms.